The Balaban J connectivity index is 1.49. The first-order chi connectivity index (χ1) is 12.3. The molecule has 3 rings (SSSR count). The second kappa shape index (κ2) is 7.57. The van der Waals surface area contributed by atoms with E-state index in [1.807, 2.05) is 24.0 Å². The number of carbonyl (C=O) groups is 1. The van der Waals surface area contributed by atoms with Gasteiger partial charge in [-0.1, -0.05) is 26.0 Å². The van der Waals surface area contributed by atoms with E-state index >= 15 is 0 Å². The van der Waals surface area contributed by atoms with Crippen molar-refractivity contribution in [1.82, 2.24) is 9.80 Å². The summed E-state index contributed by atoms with van der Waals surface area (Å²) >= 11 is 0. The monoisotopic (exact) mass is 360 g/mol. The number of ether oxygens (including phenoxy) is 1. The van der Waals surface area contributed by atoms with Crippen molar-refractivity contribution in [3.8, 4) is 5.75 Å². The lowest BCUT2D eigenvalue weighted by Gasteiger charge is -2.48. The summed E-state index contributed by atoms with van der Waals surface area (Å²) < 4.78 is 5.65. The second-order valence-corrected chi connectivity index (χ2v) is 8.64. The predicted octanol–water partition coefficient (Wildman–Crippen LogP) is 2.67. The third kappa shape index (κ3) is 4.38. The van der Waals surface area contributed by atoms with Crippen molar-refractivity contribution in [3.05, 3.63) is 29.8 Å². The number of rotatable bonds is 5. The van der Waals surface area contributed by atoms with E-state index in [1.165, 1.54) is 5.56 Å². The molecule has 2 aliphatic rings. The van der Waals surface area contributed by atoms with Gasteiger partial charge in [0.25, 0.3) is 5.91 Å². The van der Waals surface area contributed by atoms with Crippen LogP contribution in [-0.2, 0) is 11.3 Å². The molecule has 0 unspecified atom stereocenters. The van der Waals surface area contributed by atoms with E-state index in [2.05, 4.69) is 30.9 Å². The molecule has 2 saturated heterocycles. The number of likely N-dealkylation sites (tertiary alicyclic amines) is 2. The highest BCUT2D eigenvalue weighted by Gasteiger charge is 2.43. The molecule has 1 N–H and O–H groups in total. The number of piperidine rings is 1. The highest BCUT2D eigenvalue weighted by molar-refractivity contribution is 5.78. The quantitative estimate of drug-likeness (QED) is 0.877. The van der Waals surface area contributed by atoms with Crippen LogP contribution in [0.5, 0.6) is 5.75 Å². The van der Waals surface area contributed by atoms with E-state index in [9.17, 15) is 9.90 Å². The highest BCUT2D eigenvalue weighted by Crippen LogP contribution is 2.38. The maximum atomic E-state index is 12.0. The maximum Gasteiger partial charge on any atom is 0.260 e. The molecule has 1 amide bonds. The molecule has 1 aromatic rings. The van der Waals surface area contributed by atoms with E-state index in [-0.39, 0.29) is 17.9 Å². The number of carbonyl (C=O) groups excluding carboxylic acids is 1. The third-order valence-corrected chi connectivity index (χ3v) is 6.14. The Hall–Kier alpha value is -1.59. The average molecular weight is 360 g/mol. The van der Waals surface area contributed by atoms with Crippen LogP contribution in [0.15, 0.2) is 24.3 Å². The van der Waals surface area contributed by atoms with E-state index in [1.54, 1.807) is 0 Å². The average Bonchev–Trinajstić information content (AvgIpc) is 3.12. The van der Waals surface area contributed by atoms with Crippen LogP contribution in [0.2, 0.25) is 0 Å². The molecule has 5 heteroatoms. The zero-order valence-corrected chi connectivity index (χ0v) is 16.3. The Morgan fingerprint density at radius 3 is 2.38 bits per heavy atom. The predicted molar refractivity (Wildman–Crippen MR) is 102 cm³/mol. The molecule has 0 bridgehead atoms. The molecule has 26 heavy (non-hydrogen) atoms. The zero-order valence-electron chi connectivity index (χ0n) is 16.3. The van der Waals surface area contributed by atoms with Crippen LogP contribution in [0, 0.1) is 5.41 Å². The molecule has 5 nitrogen and oxygen atoms in total. The minimum absolute atomic E-state index is 0.0779. The lowest BCUT2D eigenvalue weighted by Crippen LogP contribution is -2.55. The largest absolute Gasteiger partial charge is 0.484 e. The minimum Gasteiger partial charge on any atom is -0.484 e. The van der Waals surface area contributed by atoms with E-state index in [0.29, 0.717) is 0 Å². The van der Waals surface area contributed by atoms with Crippen LogP contribution < -0.4 is 4.74 Å². The summed E-state index contributed by atoms with van der Waals surface area (Å²) in [4.78, 5) is 16.3. The minimum atomic E-state index is -0.608. The van der Waals surface area contributed by atoms with Gasteiger partial charge in [-0.15, -0.1) is 0 Å². The smallest absolute Gasteiger partial charge is 0.260 e. The van der Waals surface area contributed by atoms with Gasteiger partial charge in [0.1, 0.15) is 5.75 Å². The van der Waals surface area contributed by atoms with Crippen molar-refractivity contribution in [1.29, 1.82) is 0 Å². The molecule has 0 spiro atoms. The Morgan fingerprint density at radius 2 is 1.77 bits per heavy atom. The van der Waals surface area contributed by atoms with Crippen molar-refractivity contribution in [2.45, 2.75) is 52.2 Å². The van der Waals surface area contributed by atoms with Gasteiger partial charge in [0.2, 0.25) is 0 Å². The van der Waals surface area contributed by atoms with Gasteiger partial charge in [-0.25, -0.2) is 0 Å². The Morgan fingerprint density at radius 1 is 1.12 bits per heavy atom. The fourth-order valence-electron chi connectivity index (χ4n) is 3.81. The van der Waals surface area contributed by atoms with Crippen LogP contribution in [0.1, 0.15) is 45.6 Å². The number of aliphatic hydroxyl groups is 1. The first-order valence-corrected chi connectivity index (χ1v) is 9.71. The lowest BCUT2D eigenvalue weighted by atomic mass is 9.71. The Labute approximate surface area is 156 Å². The van der Waals surface area contributed by atoms with Gasteiger partial charge < -0.3 is 14.7 Å². The number of nitrogens with zero attached hydrogens (tertiary/aromatic N) is 2. The summed E-state index contributed by atoms with van der Waals surface area (Å²) in [5, 5.41) is 10.5. The maximum absolute atomic E-state index is 12.0. The molecule has 0 aromatic heterocycles. The summed E-state index contributed by atoms with van der Waals surface area (Å²) in [6, 6.07) is 8.01. The number of hydrogen-bond acceptors (Lipinski definition) is 4. The van der Waals surface area contributed by atoms with Crippen LogP contribution in [0.4, 0.5) is 0 Å². The van der Waals surface area contributed by atoms with Crippen molar-refractivity contribution in [3.63, 3.8) is 0 Å². The molecule has 0 saturated carbocycles. The fraction of sp³-hybridized carbons (Fsp3) is 0.667. The van der Waals surface area contributed by atoms with Gasteiger partial charge in [-0.3, -0.25) is 9.69 Å². The molecular weight excluding hydrogens is 328 g/mol. The van der Waals surface area contributed by atoms with E-state index < -0.39 is 5.60 Å². The van der Waals surface area contributed by atoms with Crippen LogP contribution in [-0.4, -0.2) is 59.2 Å². The van der Waals surface area contributed by atoms with E-state index in [4.69, 9.17) is 4.74 Å². The summed E-state index contributed by atoms with van der Waals surface area (Å²) in [6.07, 6.45) is 2.99. The molecule has 0 radical (unpaired) electrons. The van der Waals surface area contributed by atoms with Crippen molar-refractivity contribution in [2.24, 2.45) is 5.41 Å². The summed E-state index contributed by atoms with van der Waals surface area (Å²) in [7, 11) is 0. The van der Waals surface area contributed by atoms with Gasteiger partial charge in [0.05, 0.1) is 5.60 Å². The SMILES string of the molecule is CC1(C)CN(Cc2ccc(OCC(=O)N3CCCC3)cc2)CC[C@@]1(C)O. The number of benzene rings is 1. The summed E-state index contributed by atoms with van der Waals surface area (Å²) in [5.74, 6) is 0.817. The Kier molecular flexibility index (Phi) is 5.58. The lowest BCUT2D eigenvalue weighted by molar-refractivity contribution is -0.132. The molecule has 2 aliphatic heterocycles. The standard InChI is InChI=1S/C21H32N2O3/c1-20(2)16-22(13-10-21(20,3)25)14-17-6-8-18(9-7-17)26-15-19(24)23-11-4-5-12-23/h6-9,25H,4-5,10-16H2,1-3H3/t21-/m1/s1. The summed E-state index contributed by atoms with van der Waals surface area (Å²) in [6.45, 7) is 10.7. The first-order valence-electron chi connectivity index (χ1n) is 9.71. The second-order valence-electron chi connectivity index (χ2n) is 8.64. The molecule has 2 heterocycles. The molecule has 1 atom stereocenters. The number of amides is 1. The topological polar surface area (TPSA) is 53.0 Å². The van der Waals surface area contributed by atoms with Gasteiger partial charge in [-0.2, -0.15) is 0 Å². The summed E-state index contributed by atoms with van der Waals surface area (Å²) in [5.41, 5.74) is 0.494. The van der Waals surface area contributed by atoms with Crippen LogP contribution in [0.3, 0.4) is 0 Å². The van der Waals surface area contributed by atoms with Gasteiger partial charge in [0, 0.05) is 38.1 Å². The fourth-order valence-corrected chi connectivity index (χ4v) is 3.81. The van der Waals surface area contributed by atoms with Gasteiger partial charge in [-0.05, 0) is 43.9 Å². The van der Waals surface area contributed by atoms with E-state index in [0.717, 1.165) is 57.7 Å². The molecular formula is C21H32N2O3. The Bertz CT molecular complexity index is 619. The normalized spacial score (nSPS) is 26.1. The highest BCUT2D eigenvalue weighted by atomic mass is 16.5. The van der Waals surface area contributed by atoms with Crippen molar-refractivity contribution < 1.29 is 14.6 Å². The molecule has 2 fully saturated rings. The van der Waals surface area contributed by atoms with Crippen LogP contribution in [0.25, 0.3) is 0 Å². The van der Waals surface area contributed by atoms with Crippen molar-refractivity contribution in [2.75, 3.05) is 32.8 Å². The molecule has 144 valence electrons. The van der Waals surface area contributed by atoms with Crippen molar-refractivity contribution >= 4 is 5.91 Å². The molecule has 1 aromatic carbocycles. The number of hydrogen-bond donors (Lipinski definition) is 1. The molecule has 0 aliphatic carbocycles. The van der Waals surface area contributed by atoms with Crippen LogP contribution >= 0.6 is 0 Å². The third-order valence-electron chi connectivity index (χ3n) is 6.14. The van der Waals surface area contributed by atoms with Gasteiger partial charge >= 0.3 is 0 Å². The van der Waals surface area contributed by atoms with Gasteiger partial charge in [0.15, 0.2) is 6.61 Å². The zero-order chi connectivity index (χ0) is 18.8. The first kappa shape index (κ1) is 19.2.